The van der Waals surface area contributed by atoms with Crippen molar-refractivity contribution in [3.05, 3.63) is 48.2 Å². The Morgan fingerprint density at radius 2 is 1.96 bits per heavy atom. The number of anilines is 1. The van der Waals surface area contributed by atoms with Gasteiger partial charge in [0.25, 0.3) is 0 Å². The molecule has 0 radical (unpaired) electrons. The van der Waals surface area contributed by atoms with Gasteiger partial charge in [-0.3, -0.25) is 0 Å². The van der Waals surface area contributed by atoms with Crippen LogP contribution in [0.4, 0.5) is 5.82 Å². The molecule has 0 bridgehead atoms. The third kappa shape index (κ3) is 3.38. The lowest BCUT2D eigenvalue weighted by Crippen LogP contribution is -2.13. The van der Waals surface area contributed by atoms with Crippen molar-refractivity contribution < 1.29 is 8.42 Å². The topological polar surface area (TPSA) is 116 Å². The van der Waals surface area contributed by atoms with Crippen molar-refractivity contribution in [2.75, 3.05) is 11.6 Å². The van der Waals surface area contributed by atoms with E-state index in [-0.39, 0.29) is 17.3 Å². The van der Waals surface area contributed by atoms with Gasteiger partial charge in [0.15, 0.2) is 15.7 Å². The Labute approximate surface area is 138 Å². The molecule has 9 nitrogen and oxygen atoms in total. The summed E-state index contributed by atoms with van der Waals surface area (Å²) in [6.45, 7) is 1.89. The summed E-state index contributed by atoms with van der Waals surface area (Å²) in [5, 5.41) is 14.6. The highest BCUT2D eigenvalue weighted by atomic mass is 32.2. The summed E-state index contributed by atoms with van der Waals surface area (Å²) in [7, 11) is -3.45. The van der Waals surface area contributed by atoms with E-state index in [2.05, 4.69) is 30.8 Å². The van der Waals surface area contributed by atoms with Gasteiger partial charge in [-0.1, -0.05) is 18.2 Å². The van der Waals surface area contributed by atoms with Crippen LogP contribution in [0.25, 0.3) is 5.69 Å². The Balaban J connectivity index is 1.88. The van der Waals surface area contributed by atoms with E-state index in [4.69, 9.17) is 0 Å². The minimum absolute atomic E-state index is 0.0341. The van der Waals surface area contributed by atoms with Gasteiger partial charge in [0.05, 0.1) is 18.4 Å². The molecular formula is C14H15N7O2S. The van der Waals surface area contributed by atoms with Crippen LogP contribution in [0, 0.1) is 6.92 Å². The average Bonchev–Trinajstić information content (AvgIpc) is 3.01. The summed E-state index contributed by atoms with van der Waals surface area (Å²) < 4.78 is 25.3. The first-order valence-electron chi connectivity index (χ1n) is 7.05. The second-order valence-corrected chi connectivity index (χ2v) is 7.08. The van der Waals surface area contributed by atoms with Gasteiger partial charge in [-0.15, -0.1) is 5.10 Å². The van der Waals surface area contributed by atoms with Gasteiger partial charge in [0.1, 0.15) is 16.5 Å². The standard InChI is InChI=1S/C14H15N7O2S/c1-10-15-8-12(24(2,22)23)14(17-10)16-9-13-18-19-20-21(13)11-6-4-3-5-7-11/h3-8H,9H2,1-2H3,(H,15,16,17). The normalized spacial score (nSPS) is 11.4. The summed E-state index contributed by atoms with van der Waals surface area (Å²) in [4.78, 5) is 8.14. The molecule has 0 aliphatic rings. The maximum absolute atomic E-state index is 11.8. The van der Waals surface area contributed by atoms with Crippen molar-refractivity contribution in [2.45, 2.75) is 18.4 Å². The summed E-state index contributed by atoms with van der Waals surface area (Å²) in [6, 6.07) is 9.40. The molecule has 0 saturated carbocycles. The van der Waals surface area contributed by atoms with Crippen LogP contribution in [0.3, 0.4) is 0 Å². The first-order valence-corrected chi connectivity index (χ1v) is 8.94. The highest BCUT2D eigenvalue weighted by Gasteiger charge is 2.17. The molecule has 24 heavy (non-hydrogen) atoms. The van der Waals surface area contributed by atoms with Crippen molar-refractivity contribution >= 4 is 15.7 Å². The van der Waals surface area contributed by atoms with Crippen LogP contribution in [0.5, 0.6) is 0 Å². The Morgan fingerprint density at radius 3 is 2.67 bits per heavy atom. The number of nitrogens with one attached hydrogen (secondary N) is 1. The molecule has 3 rings (SSSR count). The average molecular weight is 345 g/mol. The predicted molar refractivity (Wildman–Crippen MR) is 86.4 cm³/mol. The molecule has 0 saturated heterocycles. The minimum Gasteiger partial charge on any atom is -0.361 e. The van der Waals surface area contributed by atoms with Crippen molar-refractivity contribution in [1.82, 2.24) is 30.2 Å². The van der Waals surface area contributed by atoms with E-state index in [0.717, 1.165) is 11.9 Å². The number of benzene rings is 1. The van der Waals surface area contributed by atoms with Crippen molar-refractivity contribution in [1.29, 1.82) is 0 Å². The number of hydrogen-bond donors (Lipinski definition) is 1. The fourth-order valence-electron chi connectivity index (χ4n) is 2.11. The maximum atomic E-state index is 11.8. The zero-order valence-electron chi connectivity index (χ0n) is 13.1. The zero-order chi connectivity index (χ0) is 17.2. The van der Waals surface area contributed by atoms with Crippen molar-refractivity contribution in [2.24, 2.45) is 0 Å². The number of aromatic nitrogens is 6. The molecule has 2 aromatic heterocycles. The second kappa shape index (κ2) is 6.32. The summed E-state index contributed by atoms with van der Waals surface area (Å²) in [5.41, 5.74) is 0.807. The quantitative estimate of drug-likeness (QED) is 0.721. The second-order valence-electron chi connectivity index (χ2n) is 5.10. The highest BCUT2D eigenvalue weighted by molar-refractivity contribution is 7.90. The smallest absolute Gasteiger partial charge is 0.180 e. The van der Waals surface area contributed by atoms with E-state index in [9.17, 15) is 8.42 Å². The van der Waals surface area contributed by atoms with Crippen LogP contribution in [0.15, 0.2) is 41.4 Å². The number of aryl methyl sites for hydroxylation is 1. The number of tetrazole rings is 1. The van der Waals surface area contributed by atoms with Crippen LogP contribution >= 0.6 is 0 Å². The van der Waals surface area contributed by atoms with E-state index in [1.165, 1.54) is 6.20 Å². The Morgan fingerprint density at radius 1 is 1.21 bits per heavy atom. The highest BCUT2D eigenvalue weighted by Crippen LogP contribution is 2.18. The summed E-state index contributed by atoms with van der Waals surface area (Å²) in [6.07, 6.45) is 2.40. The van der Waals surface area contributed by atoms with Gasteiger partial charge in [-0.2, -0.15) is 4.68 Å². The number of para-hydroxylation sites is 1. The third-order valence-corrected chi connectivity index (χ3v) is 4.32. The zero-order valence-corrected chi connectivity index (χ0v) is 13.9. The SMILES string of the molecule is Cc1ncc(S(C)(=O)=O)c(NCc2nnnn2-c2ccccc2)n1. The van der Waals surface area contributed by atoms with Crippen molar-refractivity contribution in [3.63, 3.8) is 0 Å². The van der Waals surface area contributed by atoms with Gasteiger partial charge in [-0.25, -0.2) is 18.4 Å². The molecule has 10 heteroatoms. The molecule has 0 aliphatic heterocycles. The molecule has 0 fully saturated rings. The van der Waals surface area contributed by atoms with Gasteiger partial charge in [-0.05, 0) is 29.5 Å². The Bertz CT molecular complexity index is 954. The number of nitrogens with zero attached hydrogens (tertiary/aromatic N) is 6. The minimum atomic E-state index is -3.45. The number of sulfone groups is 1. The third-order valence-electron chi connectivity index (χ3n) is 3.22. The molecule has 0 spiro atoms. The lowest BCUT2D eigenvalue weighted by atomic mass is 10.3. The molecule has 0 amide bonds. The molecule has 0 atom stereocenters. The Hall–Kier alpha value is -2.88. The lowest BCUT2D eigenvalue weighted by Gasteiger charge is -2.10. The molecule has 1 N–H and O–H groups in total. The van der Waals surface area contributed by atoms with Crippen LogP contribution in [-0.4, -0.2) is 44.8 Å². The summed E-state index contributed by atoms with van der Waals surface area (Å²) in [5.74, 6) is 1.22. The molecule has 1 aromatic carbocycles. The molecule has 0 unspecified atom stereocenters. The molecular weight excluding hydrogens is 330 g/mol. The number of hydrogen-bond acceptors (Lipinski definition) is 8. The van der Waals surface area contributed by atoms with Crippen molar-refractivity contribution in [3.8, 4) is 5.69 Å². The van der Waals surface area contributed by atoms with E-state index < -0.39 is 9.84 Å². The van der Waals surface area contributed by atoms with Gasteiger partial charge >= 0.3 is 0 Å². The van der Waals surface area contributed by atoms with E-state index in [1.807, 2.05) is 30.3 Å². The van der Waals surface area contributed by atoms with Gasteiger partial charge in [0.2, 0.25) is 0 Å². The monoisotopic (exact) mass is 345 g/mol. The van der Waals surface area contributed by atoms with E-state index in [0.29, 0.717) is 11.6 Å². The van der Waals surface area contributed by atoms with Crippen LogP contribution < -0.4 is 5.32 Å². The first kappa shape index (κ1) is 16.0. The van der Waals surface area contributed by atoms with Gasteiger partial charge in [0, 0.05) is 6.26 Å². The molecule has 3 aromatic rings. The van der Waals surface area contributed by atoms with E-state index >= 15 is 0 Å². The Kier molecular flexibility index (Phi) is 4.21. The van der Waals surface area contributed by atoms with E-state index in [1.54, 1.807) is 11.6 Å². The summed E-state index contributed by atoms with van der Waals surface area (Å²) >= 11 is 0. The van der Waals surface area contributed by atoms with Crippen LogP contribution in [0.1, 0.15) is 11.6 Å². The number of rotatable bonds is 5. The predicted octanol–water partition coefficient (Wildman–Crippen LogP) is 0.776. The fraction of sp³-hybridized carbons (Fsp3) is 0.214. The van der Waals surface area contributed by atoms with Crippen LogP contribution in [0.2, 0.25) is 0 Å². The first-order chi connectivity index (χ1) is 11.4. The maximum Gasteiger partial charge on any atom is 0.180 e. The van der Waals surface area contributed by atoms with Crippen LogP contribution in [-0.2, 0) is 16.4 Å². The fourth-order valence-corrected chi connectivity index (χ4v) is 2.82. The largest absolute Gasteiger partial charge is 0.361 e. The molecule has 2 heterocycles. The van der Waals surface area contributed by atoms with Gasteiger partial charge < -0.3 is 5.32 Å². The lowest BCUT2D eigenvalue weighted by molar-refractivity contribution is 0.601. The molecule has 124 valence electrons. The molecule has 0 aliphatic carbocycles.